The molecule has 0 aromatic heterocycles. The smallest absolute Gasteiger partial charge is 0.408 e. The predicted molar refractivity (Wildman–Crippen MR) is 108 cm³/mol. The van der Waals surface area contributed by atoms with Crippen LogP contribution in [0.2, 0.25) is 0 Å². The minimum Gasteiger partial charge on any atom is -0.445 e. The number of quaternary nitrogens is 1. The average Bonchev–Trinajstić information content (AvgIpc) is 2.71. The summed E-state index contributed by atoms with van der Waals surface area (Å²) in [7, 11) is 0. The number of amides is 1. The lowest BCUT2D eigenvalue weighted by molar-refractivity contribution is -0.368. The molecule has 2 rings (SSSR count). The van der Waals surface area contributed by atoms with Gasteiger partial charge in [0.25, 0.3) is 0 Å². The molecule has 0 aliphatic rings. The number of hydrogen-bond acceptors (Lipinski definition) is 4. The Bertz CT molecular complexity index is 695. The van der Waals surface area contributed by atoms with Crippen molar-refractivity contribution < 1.29 is 20.1 Å². The summed E-state index contributed by atoms with van der Waals surface area (Å²) < 4.78 is 5.25. The van der Waals surface area contributed by atoms with Gasteiger partial charge in [-0.05, 0) is 30.4 Å². The molecule has 6 heteroatoms. The Morgan fingerprint density at radius 2 is 1.59 bits per heavy atom. The molecular weight excluding hydrogens is 360 g/mol. The van der Waals surface area contributed by atoms with Gasteiger partial charge in [-0.1, -0.05) is 72.4 Å². The lowest BCUT2D eigenvalue weighted by Crippen LogP contribution is -2.50. The van der Waals surface area contributed by atoms with Crippen LogP contribution in [-0.4, -0.2) is 23.8 Å². The third kappa shape index (κ3) is 8.28. The van der Waals surface area contributed by atoms with Crippen LogP contribution in [0.25, 0.3) is 0 Å². The minimum atomic E-state index is -0.563. The fourth-order valence-electron chi connectivity index (χ4n) is 2.51. The van der Waals surface area contributed by atoms with Crippen LogP contribution in [0.3, 0.4) is 0 Å². The predicted octanol–water partition coefficient (Wildman–Crippen LogP) is 3.15. The van der Waals surface area contributed by atoms with E-state index in [2.05, 4.69) is 11.1 Å². The largest absolute Gasteiger partial charge is 0.445 e. The van der Waals surface area contributed by atoms with Crippen LogP contribution in [0.4, 0.5) is 4.79 Å². The van der Waals surface area contributed by atoms with Crippen molar-refractivity contribution in [2.45, 2.75) is 37.7 Å². The van der Waals surface area contributed by atoms with Gasteiger partial charge >= 0.3 is 6.09 Å². The molecular formula is C21H27N2O3S+. The van der Waals surface area contributed by atoms with Crippen LogP contribution in [0, 0.1) is 0 Å². The van der Waals surface area contributed by atoms with Crippen molar-refractivity contribution in [1.29, 1.82) is 0 Å². The molecule has 4 N–H and O–H groups in total. The molecule has 1 amide bonds. The summed E-state index contributed by atoms with van der Waals surface area (Å²) in [6.07, 6.45) is 1.79. The van der Waals surface area contributed by atoms with Crippen LogP contribution in [-0.2, 0) is 21.9 Å². The molecule has 27 heavy (non-hydrogen) atoms. The zero-order chi connectivity index (χ0) is 19.3. The molecule has 0 heterocycles. The summed E-state index contributed by atoms with van der Waals surface area (Å²) in [5.41, 5.74) is 5.82. The first-order valence-corrected chi connectivity index (χ1v) is 10.1. The van der Waals surface area contributed by atoms with E-state index < -0.39 is 12.1 Å². The Morgan fingerprint density at radius 3 is 2.22 bits per heavy atom. The van der Waals surface area contributed by atoms with Gasteiger partial charge in [0.15, 0.2) is 0 Å². The number of ether oxygens (including phenoxy) is 1. The van der Waals surface area contributed by atoms with Crippen LogP contribution in [0.1, 0.15) is 30.4 Å². The van der Waals surface area contributed by atoms with Crippen LogP contribution in [0.15, 0.2) is 60.7 Å². The Hall–Kier alpha value is -2.31. The Balaban J connectivity index is 1.85. The van der Waals surface area contributed by atoms with Gasteiger partial charge in [0.05, 0.1) is 6.54 Å². The van der Waals surface area contributed by atoms with Crippen LogP contribution < -0.4 is 11.1 Å². The van der Waals surface area contributed by atoms with Gasteiger partial charge in [0, 0.05) is 5.75 Å². The zero-order valence-corrected chi connectivity index (χ0v) is 16.3. The monoisotopic (exact) mass is 387 g/mol. The molecule has 0 aliphatic heterocycles. The van der Waals surface area contributed by atoms with E-state index >= 15 is 0 Å². The van der Waals surface area contributed by atoms with Gasteiger partial charge in [0.2, 0.25) is 5.12 Å². The molecule has 2 aromatic rings. The second-order valence-electron chi connectivity index (χ2n) is 6.20. The van der Waals surface area contributed by atoms with E-state index in [1.807, 2.05) is 60.7 Å². The number of benzene rings is 2. The van der Waals surface area contributed by atoms with E-state index in [0.717, 1.165) is 30.5 Å². The average molecular weight is 388 g/mol. The Labute approximate surface area is 164 Å². The lowest BCUT2D eigenvalue weighted by atomic mass is 10.1. The molecule has 0 unspecified atom stereocenters. The molecule has 0 fully saturated rings. The summed E-state index contributed by atoms with van der Waals surface area (Å²) in [5, 5.41) is 2.69. The van der Waals surface area contributed by atoms with Crippen molar-refractivity contribution in [3.05, 3.63) is 71.8 Å². The SMILES string of the molecule is [NH3+]CCCC[C@H](NC(=O)OCc1ccccc1)C(=O)SCc1ccccc1. The fraction of sp³-hybridized carbons (Fsp3) is 0.333. The summed E-state index contributed by atoms with van der Waals surface area (Å²) >= 11 is 1.23. The van der Waals surface area contributed by atoms with E-state index in [1.54, 1.807) is 0 Å². The summed E-state index contributed by atoms with van der Waals surface area (Å²) in [6.45, 7) is 1.00. The van der Waals surface area contributed by atoms with Gasteiger partial charge in [0.1, 0.15) is 12.6 Å². The molecule has 0 spiro atoms. The van der Waals surface area contributed by atoms with E-state index in [4.69, 9.17) is 4.74 Å². The maximum Gasteiger partial charge on any atom is 0.408 e. The van der Waals surface area contributed by atoms with Crippen molar-refractivity contribution in [2.24, 2.45) is 0 Å². The Morgan fingerprint density at radius 1 is 0.963 bits per heavy atom. The van der Waals surface area contributed by atoms with Gasteiger partial charge in [-0.3, -0.25) is 4.79 Å². The molecule has 5 nitrogen and oxygen atoms in total. The van der Waals surface area contributed by atoms with Gasteiger partial charge in [-0.2, -0.15) is 0 Å². The van der Waals surface area contributed by atoms with E-state index in [9.17, 15) is 9.59 Å². The first-order valence-electron chi connectivity index (χ1n) is 9.16. The highest BCUT2D eigenvalue weighted by molar-refractivity contribution is 8.13. The summed E-state index contributed by atoms with van der Waals surface area (Å²) in [6, 6.07) is 18.7. The van der Waals surface area contributed by atoms with Gasteiger partial charge in [-0.25, -0.2) is 4.79 Å². The van der Waals surface area contributed by atoms with Crippen LogP contribution >= 0.6 is 11.8 Å². The number of alkyl carbamates (subject to hydrolysis) is 1. The molecule has 1 atom stereocenters. The summed E-state index contributed by atoms with van der Waals surface area (Å²) in [4.78, 5) is 24.7. The fourth-order valence-corrected chi connectivity index (χ4v) is 3.39. The topological polar surface area (TPSA) is 83.0 Å². The molecule has 2 aromatic carbocycles. The molecule has 0 radical (unpaired) electrons. The standard InChI is InChI=1S/C21H26N2O3S/c22-14-8-7-13-19(20(24)27-16-18-11-5-2-6-12-18)23-21(25)26-15-17-9-3-1-4-10-17/h1-6,9-12,19H,7-8,13-16,22H2,(H,23,25)/p+1/t19-/m0/s1. The first kappa shape index (κ1) is 21.0. The molecule has 0 saturated carbocycles. The lowest BCUT2D eigenvalue weighted by Gasteiger charge is -2.17. The van der Waals surface area contributed by atoms with Crippen molar-refractivity contribution in [3.63, 3.8) is 0 Å². The van der Waals surface area contributed by atoms with Gasteiger partial charge < -0.3 is 15.8 Å². The van der Waals surface area contributed by atoms with Crippen molar-refractivity contribution in [1.82, 2.24) is 5.32 Å². The van der Waals surface area contributed by atoms with Crippen LogP contribution in [0.5, 0.6) is 0 Å². The second-order valence-corrected chi connectivity index (χ2v) is 7.18. The van der Waals surface area contributed by atoms with E-state index in [-0.39, 0.29) is 11.7 Å². The molecule has 0 saturated heterocycles. The third-order valence-corrected chi connectivity index (χ3v) is 5.05. The normalized spacial score (nSPS) is 11.6. The van der Waals surface area contributed by atoms with Crippen molar-refractivity contribution in [2.75, 3.05) is 6.54 Å². The number of unbranched alkanes of at least 4 members (excludes halogenated alkanes) is 1. The highest BCUT2D eigenvalue weighted by Gasteiger charge is 2.21. The zero-order valence-electron chi connectivity index (χ0n) is 15.4. The first-order chi connectivity index (χ1) is 13.2. The maximum atomic E-state index is 12.6. The number of hydrogen-bond donors (Lipinski definition) is 2. The maximum absolute atomic E-state index is 12.6. The van der Waals surface area contributed by atoms with Crippen molar-refractivity contribution in [3.8, 4) is 0 Å². The van der Waals surface area contributed by atoms with E-state index in [0.29, 0.717) is 12.2 Å². The minimum absolute atomic E-state index is 0.0421. The number of rotatable bonds is 10. The number of carbonyl (C=O) groups excluding carboxylic acids is 2. The quantitative estimate of drug-likeness (QED) is 0.614. The Kier molecular flexibility index (Phi) is 9.44. The van der Waals surface area contributed by atoms with Crippen molar-refractivity contribution >= 4 is 23.0 Å². The van der Waals surface area contributed by atoms with E-state index in [1.165, 1.54) is 11.8 Å². The number of nitrogens with one attached hydrogen (secondary N) is 1. The van der Waals surface area contributed by atoms with Gasteiger partial charge in [-0.15, -0.1) is 0 Å². The third-order valence-electron chi connectivity index (χ3n) is 4.01. The second kappa shape index (κ2) is 12.1. The number of thioether (sulfide) groups is 1. The highest BCUT2D eigenvalue weighted by atomic mass is 32.2. The highest BCUT2D eigenvalue weighted by Crippen LogP contribution is 2.17. The molecule has 144 valence electrons. The summed E-state index contributed by atoms with van der Waals surface area (Å²) in [5.74, 6) is 0.590. The molecule has 0 aliphatic carbocycles. The molecule has 0 bridgehead atoms. The number of carbonyl (C=O) groups is 2.